The van der Waals surface area contributed by atoms with Crippen LogP contribution in [0.25, 0.3) is 0 Å². The number of hydrogen-bond donors (Lipinski definition) is 2. The molecule has 1 amide bonds. The molecule has 0 unspecified atom stereocenters. The van der Waals surface area contributed by atoms with Crippen LogP contribution in [-0.2, 0) is 0 Å². The molecule has 5 heteroatoms. The molecule has 102 valence electrons. The van der Waals surface area contributed by atoms with Gasteiger partial charge in [-0.3, -0.25) is 4.79 Å². The first kappa shape index (κ1) is 13.5. The molecule has 1 aromatic rings. The van der Waals surface area contributed by atoms with Crippen LogP contribution in [0.5, 0.6) is 0 Å². The minimum absolute atomic E-state index is 0.132. The predicted molar refractivity (Wildman–Crippen MR) is 71.4 cm³/mol. The summed E-state index contributed by atoms with van der Waals surface area (Å²) in [5.74, 6) is -1.24. The second-order valence-electron chi connectivity index (χ2n) is 4.69. The maximum absolute atomic E-state index is 11.9. The van der Waals surface area contributed by atoms with Crippen LogP contribution >= 0.6 is 0 Å². The Morgan fingerprint density at radius 3 is 2.58 bits per heavy atom. The largest absolute Gasteiger partial charge is 0.478 e. The van der Waals surface area contributed by atoms with Gasteiger partial charge in [-0.15, -0.1) is 0 Å². The summed E-state index contributed by atoms with van der Waals surface area (Å²) in [6.45, 7) is 3.65. The normalized spacial score (nSPS) is 15.4. The Balaban J connectivity index is 1.85. The van der Waals surface area contributed by atoms with Crippen LogP contribution in [0.3, 0.4) is 0 Å². The number of carboxylic acids is 1. The van der Waals surface area contributed by atoms with Crippen LogP contribution < -0.4 is 5.32 Å². The van der Waals surface area contributed by atoms with Crippen LogP contribution in [0.1, 0.15) is 33.6 Å². The number of aromatic carboxylic acids is 1. The third-order valence-corrected chi connectivity index (χ3v) is 3.28. The summed E-state index contributed by atoms with van der Waals surface area (Å²) in [6.07, 6.45) is 2.46. The van der Waals surface area contributed by atoms with Crippen molar-refractivity contribution >= 4 is 11.9 Å². The highest BCUT2D eigenvalue weighted by atomic mass is 16.4. The maximum atomic E-state index is 11.9. The van der Waals surface area contributed by atoms with Crippen LogP contribution in [-0.4, -0.2) is 48.1 Å². The Bertz CT molecular complexity index is 468. The van der Waals surface area contributed by atoms with Crippen molar-refractivity contribution < 1.29 is 14.7 Å². The summed E-state index contributed by atoms with van der Waals surface area (Å²) in [7, 11) is 0. The van der Waals surface area contributed by atoms with Crippen molar-refractivity contribution in [1.82, 2.24) is 10.2 Å². The monoisotopic (exact) mass is 262 g/mol. The second-order valence-corrected chi connectivity index (χ2v) is 4.69. The zero-order valence-corrected chi connectivity index (χ0v) is 10.8. The minimum atomic E-state index is -1.02. The lowest BCUT2D eigenvalue weighted by Crippen LogP contribution is -2.33. The van der Waals surface area contributed by atoms with Crippen molar-refractivity contribution in [2.24, 2.45) is 0 Å². The fourth-order valence-corrected chi connectivity index (χ4v) is 2.23. The Morgan fingerprint density at radius 1 is 1.21 bits per heavy atom. The summed E-state index contributed by atoms with van der Waals surface area (Å²) in [5, 5.41) is 11.7. The van der Waals surface area contributed by atoms with Gasteiger partial charge in [-0.1, -0.05) is 6.07 Å². The molecule has 0 aromatic heterocycles. The van der Waals surface area contributed by atoms with Gasteiger partial charge >= 0.3 is 5.97 Å². The molecule has 1 heterocycles. The summed E-state index contributed by atoms with van der Waals surface area (Å²) in [5.41, 5.74) is 0.522. The van der Waals surface area contributed by atoms with Gasteiger partial charge in [0.05, 0.1) is 5.56 Å². The van der Waals surface area contributed by atoms with E-state index in [1.54, 1.807) is 12.1 Å². The van der Waals surface area contributed by atoms with Crippen molar-refractivity contribution in [3.63, 3.8) is 0 Å². The van der Waals surface area contributed by atoms with E-state index in [1.807, 2.05) is 0 Å². The summed E-state index contributed by atoms with van der Waals surface area (Å²) in [4.78, 5) is 25.0. The average Bonchev–Trinajstić information content (AvgIpc) is 2.92. The van der Waals surface area contributed by atoms with E-state index in [1.165, 1.54) is 25.0 Å². The first-order valence-corrected chi connectivity index (χ1v) is 6.51. The van der Waals surface area contributed by atoms with Crippen molar-refractivity contribution in [1.29, 1.82) is 0 Å². The zero-order chi connectivity index (χ0) is 13.7. The third-order valence-electron chi connectivity index (χ3n) is 3.28. The second kappa shape index (κ2) is 6.33. The van der Waals surface area contributed by atoms with Crippen molar-refractivity contribution in [3.05, 3.63) is 35.4 Å². The number of likely N-dealkylation sites (tertiary alicyclic amines) is 1. The molecular weight excluding hydrogens is 244 g/mol. The van der Waals surface area contributed by atoms with E-state index in [0.717, 1.165) is 19.6 Å². The van der Waals surface area contributed by atoms with Gasteiger partial charge in [0.15, 0.2) is 0 Å². The summed E-state index contributed by atoms with van der Waals surface area (Å²) < 4.78 is 0. The Morgan fingerprint density at radius 2 is 1.89 bits per heavy atom. The van der Waals surface area contributed by atoms with E-state index >= 15 is 0 Å². The number of nitrogens with one attached hydrogen (secondary N) is 1. The minimum Gasteiger partial charge on any atom is -0.478 e. The fourth-order valence-electron chi connectivity index (χ4n) is 2.23. The molecule has 1 aliphatic rings. The molecule has 5 nitrogen and oxygen atoms in total. The highest BCUT2D eigenvalue weighted by molar-refractivity contribution is 5.97. The first-order chi connectivity index (χ1) is 9.16. The highest BCUT2D eigenvalue weighted by Gasteiger charge is 2.12. The number of amides is 1. The van der Waals surface area contributed by atoms with E-state index in [-0.39, 0.29) is 11.5 Å². The van der Waals surface area contributed by atoms with Gasteiger partial charge in [0, 0.05) is 18.7 Å². The number of benzene rings is 1. The van der Waals surface area contributed by atoms with Crippen LogP contribution in [0, 0.1) is 0 Å². The summed E-state index contributed by atoms with van der Waals surface area (Å²) in [6, 6.07) is 6.08. The lowest BCUT2D eigenvalue weighted by Gasteiger charge is -2.14. The van der Waals surface area contributed by atoms with Gasteiger partial charge in [-0.2, -0.15) is 0 Å². The molecule has 0 bridgehead atoms. The fraction of sp³-hybridized carbons (Fsp3) is 0.429. The molecule has 1 aromatic carbocycles. The predicted octanol–water partition coefficient (Wildman–Crippen LogP) is 1.21. The van der Waals surface area contributed by atoms with Crippen LogP contribution in [0.15, 0.2) is 24.3 Å². The maximum Gasteiger partial charge on any atom is 0.335 e. The molecule has 2 rings (SSSR count). The Labute approximate surface area is 112 Å². The molecule has 2 N–H and O–H groups in total. The summed E-state index contributed by atoms with van der Waals surface area (Å²) >= 11 is 0. The number of carbonyl (C=O) groups is 2. The van der Waals surface area contributed by atoms with Gasteiger partial charge in [0.1, 0.15) is 0 Å². The quantitative estimate of drug-likeness (QED) is 0.837. The van der Waals surface area contributed by atoms with Gasteiger partial charge < -0.3 is 15.3 Å². The van der Waals surface area contributed by atoms with E-state index in [9.17, 15) is 9.59 Å². The molecule has 1 aliphatic heterocycles. The van der Waals surface area contributed by atoms with Gasteiger partial charge in [0.25, 0.3) is 5.91 Å². The first-order valence-electron chi connectivity index (χ1n) is 6.51. The standard InChI is InChI=1S/C14H18N2O3/c17-13(15-6-9-16-7-1-2-8-16)11-4-3-5-12(10-11)14(18)19/h3-5,10H,1-2,6-9H2,(H,15,17)(H,18,19). The van der Waals surface area contributed by atoms with E-state index in [4.69, 9.17) is 5.11 Å². The number of carbonyl (C=O) groups excluding carboxylic acids is 1. The molecule has 0 radical (unpaired) electrons. The van der Waals surface area contributed by atoms with Crippen molar-refractivity contribution in [2.45, 2.75) is 12.8 Å². The lowest BCUT2D eigenvalue weighted by atomic mass is 10.1. The number of carboxylic acid groups (broad SMARTS) is 1. The topological polar surface area (TPSA) is 69.6 Å². The molecule has 0 spiro atoms. The van der Waals surface area contributed by atoms with Crippen LogP contribution in [0.4, 0.5) is 0 Å². The van der Waals surface area contributed by atoms with Gasteiger partial charge in [-0.25, -0.2) is 4.79 Å². The van der Waals surface area contributed by atoms with E-state index in [2.05, 4.69) is 10.2 Å². The number of nitrogens with zero attached hydrogens (tertiary/aromatic N) is 1. The molecule has 0 atom stereocenters. The molecule has 0 saturated carbocycles. The lowest BCUT2D eigenvalue weighted by molar-refractivity contribution is 0.0697. The van der Waals surface area contributed by atoms with Gasteiger partial charge in [-0.05, 0) is 44.1 Å². The molecule has 1 fully saturated rings. The third kappa shape index (κ3) is 3.79. The molecule has 1 saturated heterocycles. The van der Waals surface area contributed by atoms with Gasteiger partial charge in [0.2, 0.25) is 0 Å². The highest BCUT2D eigenvalue weighted by Crippen LogP contribution is 2.07. The van der Waals surface area contributed by atoms with Crippen molar-refractivity contribution in [2.75, 3.05) is 26.2 Å². The van der Waals surface area contributed by atoms with Crippen molar-refractivity contribution in [3.8, 4) is 0 Å². The number of hydrogen-bond acceptors (Lipinski definition) is 3. The van der Waals surface area contributed by atoms with E-state index < -0.39 is 5.97 Å². The van der Waals surface area contributed by atoms with E-state index in [0.29, 0.717) is 12.1 Å². The Hall–Kier alpha value is -1.88. The Kier molecular flexibility index (Phi) is 4.52. The molecule has 0 aliphatic carbocycles. The average molecular weight is 262 g/mol. The smallest absolute Gasteiger partial charge is 0.335 e. The molecular formula is C14H18N2O3. The molecule has 19 heavy (non-hydrogen) atoms. The zero-order valence-electron chi connectivity index (χ0n) is 10.8. The SMILES string of the molecule is O=C(O)c1cccc(C(=O)NCCN2CCCC2)c1. The number of rotatable bonds is 5. The van der Waals surface area contributed by atoms with Crippen LogP contribution in [0.2, 0.25) is 0 Å².